The van der Waals surface area contributed by atoms with Gasteiger partial charge in [0.25, 0.3) is 0 Å². The van der Waals surface area contributed by atoms with E-state index in [1.54, 1.807) is 18.3 Å². The Morgan fingerprint density at radius 3 is 2.62 bits per heavy atom. The molecule has 0 bridgehead atoms. The molecule has 1 amide bonds. The minimum absolute atomic E-state index is 0.0587. The molecular formula is C23H28N4O5S2. The molecule has 2 aromatic heterocycles. The molecule has 0 spiro atoms. The molecule has 1 atom stereocenters. The van der Waals surface area contributed by atoms with Crippen molar-refractivity contribution in [2.45, 2.75) is 68.6 Å². The Morgan fingerprint density at radius 1 is 1.24 bits per heavy atom. The molecule has 1 unspecified atom stereocenters. The number of carbonyl (C=O) groups is 2. The Hall–Kier alpha value is -2.92. The molecule has 9 nitrogen and oxygen atoms in total. The van der Waals surface area contributed by atoms with Crippen LogP contribution in [-0.2, 0) is 27.2 Å². The van der Waals surface area contributed by atoms with E-state index in [0.29, 0.717) is 33.3 Å². The summed E-state index contributed by atoms with van der Waals surface area (Å²) >= 11 is 2.75. The number of aromatic nitrogens is 3. The van der Waals surface area contributed by atoms with Gasteiger partial charge < -0.3 is 19.6 Å². The molecule has 0 radical (unpaired) electrons. The summed E-state index contributed by atoms with van der Waals surface area (Å²) in [5, 5.41) is 20.1. The Kier molecular flexibility index (Phi) is 8.67. The number of thioether (sulfide) groups is 1. The third-order valence-electron chi connectivity index (χ3n) is 4.65. The van der Waals surface area contributed by atoms with Crippen molar-refractivity contribution >= 4 is 40.1 Å². The summed E-state index contributed by atoms with van der Waals surface area (Å²) in [6, 6.07) is 7.16. The number of carbonyl (C=O) groups excluding carboxylic acids is 1. The van der Waals surface area contributed by atoms with Crippen LogP contribution in [-0.4, -0.2) is 38.3 Å². The van der Waals surface area contributed by atoms with Gasteiger partial charge in [-0.05, 0) is 31.0 Å². The molecule has 0 saturated carbocycles. The van der Waals surface area contributed by atoms with Crippen LogP contribution in [0.5, 0.6) is 5.75 Å². The van der Waals surface area contributed by atoms with E-state index in [4.69, 9.17) is 14.3 Å². The fourth-order valence-corrected chi connectivity index (χ4v) is 4.44. The van der Waals surface area contributed by atoms with Gasteiger partial charge in [-0.3, -0.25) is 9.59 Å². The summed E-state index contributed by atoms with van der Waals surface area (Å²) in [5.41, 5.74) is 0.727. The lowest BCUT2D eigenvalue weighted by molar-refractivity contribution is -0.137. The lowest BCUT2D eigenvalue weighted by atomic mass is 9.94. The monoisotopic (exact) mass is 504 g/mol. The molecule has 11 heteroatoms. The zero-order chi connectivity index (χ0) is 24.7. The number of anilines is 1. The number of nitrogens with one attached hydrogen (secondary N) is 1. The first-order valence-corrected chi connectivity index (χ1v) is 12.6. The van der Waals surface area contributed by atoms with Crippen LogP contribution in [0.2, 0.25) is 0 Å². The van der Waals surface area contributed by atoms with Gasteiger partial charge in [-0.25, -0.2) is 4.98 Å². The molecule has 0 fully saturated rings. The van der Waals surface area contributed by atoms with Crippen molar-refractivity contribution in [1.82, 2.24) is 15.2 Å². The third kappa shape index (κ3) is 8.14. The minimum Gasteiger partial charge on any atom is -0.491 e. The largest absolute Gasteiger partial charge is 0.491 e. The van der Waals surface area contributed by atoms with E-state index in [9.17, 15) is 9.59 Å². The molecule has 0 aliphatic heterocycles. The molecule has 2 heterocycles. The number of benzene rings is 1. The first-order chi connectivity index (χ1) is 16.1. The molecule has 0 aliphatic carbocycles. The number of oxazole rings is 1. The second-order valence-corrected chi connectivity index (χ2v) is 11.0. The Bertz CT molecular complexity index is 1110. The highest BCUT2D eigenvalue weighted by atomic mass is 32.2. The van der Waals surface area contributed by atoms with Gasteiger partial charge in [-0.1, -0.05) is 56.0 Å². The smallest absolute Gasteiger partial charge is 0.303 e. The first-order valence-electron chi connectivity index (χ1n) is 10.8. The predicted molar refractivity (Wildman–Crippen MR) is 130 cm³/mol. The van der Waals surface area contributed by atoms with Gasteiger partial charge in [0.05, 0.1) is 24.5 Å². The second kappa shape index (κ2) is 11.5. The van der Waals surface area contributed by atoms with E-state index in [0.717, 1.165) is 11.3 Å². The Balaban J connectivity index is 1.44. The van der Waals surface area contributed by atoms with Gasteiger partial charge in [0.15, 0.2) is 4.34 Å². The quantitative estimate of drug-likeness (QED) is 0.276. The van der Waals surface area contributed by atoms with Crippen LogP contribution >= 0.6 is 23.1 Å². The van der Waals surface area contributed by atoms with Crippen molar-refractivity contribution < 1.29 is 23.8 Å². The molecule has 0 saturated heterocycles. The molecule has 3 rings (SSSR count). The van der Waals surface area contributed by atoms with Gasteiger partial charge >= 0.3 is 5.97 Å². The zero-order valence-corrected chi connectivity index (χ0v) is 21.2. The van der Waals surface area contributed by atoms with Crippen molar-refractivity contribution in [3.63, 3.8) is 0 Å². The number of nitrogens with zero attached hydrogens (tertiary/aromatic N) is 3. The summed E-state index contributed by atoms with van der Waals surface area (Å²) in [6.45, 7) is 8.03. The van der Waals surface area contributed by atoms with E-state index in [1.807, 2.05) is 19.1 Å². The average Bonchev–Trinajstić information content (AvgIpc) is 3.41. The molecule has 2 N–H and O–H groups in total. The highest BCUT2D eigenvalue weighted by molar-refractivity contribution is 8.00. The summed E-state index contributed by atoms with van der Waals surface area (Å²) in [5.74, 6) is 1.58. The Morgan fingerprint density at radius 2 is 1.97 bits per heavy atom. The van der Waals surface area contributed by atoms with E-state index >= 15 is 0 Å². The first kappa shape index (κ1) is 25.7. The normalized spacial score (nSPS) is 12.4. The lowest BCUT2D eigenvalue weighted by Crippen LogP contribution is -2.15. The van der Waals surface area contributed by atoms with Crippen molar-refractivity contribution in [2.24, 2.45) is 0 Å². The molecular weight excluding hydrogens is 476 g/mol. The van der Waals surface area contributed by atoms with Crippen molar-refractivity contribution in [3.05, 3.63) is 47.7 Å². The van der Waals surface area contributed by atoms with E-state index < -0.39 is 5.97 Å². The number of amides is 1. The minimum atomic E-state index is -0.845. The zero-order valence-electron chi connectivity index (χ0n) is 19.5. The van der Waals surface area contributed by atoms with Gasteiger partial charge in [0.2, 0.25) is 16.9 Å². The number of hydrogen-bond donors (Lipinski definition) is 2. The SMILES string of the molecule is CC(CCC(=O)O)Oc1ccc(CC(=O)Nc2nnc(SCc3ncc(C(C)(C)C)o3)s2)cc1. The maximum absolute atomic E-state index is 12.4. The van der Waals surface area contributed by atoms with Gasteiger partial charge in [0, 0.05) is 11.8 Å². The average molecular weight is 505 g/mol. The predicted octanol–water partition coefficient (Wildman–Crippen LogP) is 4.93. The maximum Gasteiger partial charge on any atom is 0.303 e. The van der Waals surface area contributed by atoms with E-state index in [2.05, 4.69) is 41.3 Å². The number of carboxylic acid groups (broad SMARTS) is 1. The second-order valence-electron chi connectivity index (χ2n) is 8.76. The van der Waals surface area contributed by atoms with E-state index in [1.165, 1.54) is 23.1 Å². The number of rotatable bonds is 11. The van der Waals surface area contributed by atoms with Crippen LogP contribution < -0.4 is 10.1 Å². The topological polar surface area (TPSA) is 127 Å². The number of ether oxygens (including phenoxy) is 1. The molecule has 34 heavy (non-hydrogen) atoms. The lowest BCUT2D eigenvalue weighted by Gasteiger charge is -2.14. The van der Waals surface area contributed by atoms with Crippen molar-refractivity contribution in [2.75, 3.05) is 5.32 Å². The highest BCUT2D eigenvalue weighted by Gasteiger charge is 2.19. The summed E-state index contributed by atoms with van der Waals surface area (Å²) in [4.78, 5) is 27.3. The van der Waals surface area contributed by atoms with Crippen molar-refractivity contribution in [3.8, 4) is 5.75 Å². The van der Waals surface area contributed by atoms with Crippen LogP contribution in [0.3, 0.4) is 0 Å². The molecule has 0 aliphatic rings. The van der Waals surface area contributed by atoms with Gasteiger partial charge in [-0.15, -0.1) is 10.2 Å². The number of aliphatic carboxylic acids is 1. The Labute approximate surface area is 206 Å². The van der Waals surface area contributed by atoms with Gasteiger partial charge in [0.1, 0.15) is 11.5 Å². The fraction of sp³-hybridized carbons (Fsp3) is 0.435. The third-order valence-corrected chi connectivity index (χ3v) is 6.61. The number of hydrogen-bond acceptors (Lipinski definition) is 9. The van der Waals surface area contributed by atoms with Crippen LogP contribution in [0.1, 0.15) is 57.8 Å². The number of carboxylic acids is 1. The fourth-order valence-electron chi connectivity index (χ4n) is 2.82. The van der Waals surface area contributed by atoms with Gasteiger partial charge in [-0.2, -0.15) is 0 Å². The molecule has 1 aromatic carbocycles. The highest BCUT2D eigenvalue weighted by Crippen LogP contribution is 2.30. The summed E-state index contributed by atoms with van der Waals surface area (Å²) in [6.07, 6.45) is 2.21. The molecule has 3 aromatic rings. The van der Waals surface area contributed by atoms with Crippen LogP contribution in [0.25, 0.3) is 0 Å². The summed E-state index contributed by atoms with van der Waals surface area (Å²) in [7, 11) is 0. The molecule has 182 valence electrons. The van der Waals surface area contributed by atoms with Crippen LogP contribution in [0, 0.1) is 0 Å². The van der Waals surface area contributed by atoms with Crippen molar-refractivity contribution in [1.29, 1.82) is 0 Å². The standard InChI is InChI=1S/C23H28N4O5S2/c1-14(5-10-20(29)30)31-16-8-6-15(7-9-16)11-18(28)25-21-26-27-22(34-21)33-13-19-24-12-17(32-19)23(2,3)4/h6-9,12,14H,5,10-11,13H2,1-4H3,(H,29,30)(H,25,26,28). The van der Waals surface area contributed by atoms with E-state index in [-0.39, 0.29) is 30.3 Å². The van der Waals surface area contributed by atoms with Crippen LogP contribution in [0.15, 0.2) is 39.2 Å². The van der Waals surface area contributed by atoms with Crippen LogP contribution in [0.4, 0.5) is 5.13 Å². The summed E-state index contributed by atoms with van der Waals surface area (Å²) < 4.78 is 12.2. The maximum atomic E-state index is 12.4.